The van der Waals surface area contributed by atoms with E-state index in [2.05, 4.69) is 31.3 Å². The number of hydrogen-bond donors (Lipinski definition) is 1. The number of hydrogen-bond acceptors (Lipinski definition) is 1. The fraction of sp³-hybridized carbons (Fsp3) is 0.250. The van der Waals surface area contributed by atoms with E-state index < -0.39 is 0 Å². The Labute approximate surface area is 124 Å². The van der Waals surface area contributed by atoms with Gasteiger partial charge in [-0.3, -0.25) is 0 Å². The second kappa shape index (κ2) is 6.42. The lowest BCUT2D eigenvalue weighted by Crippen LogP contribution is -2.21. The van der Waals surface area contributed by atoms with Gasteiger partial charge in [0.15, 0.2) is 0 Å². The van der Waals surface area contributed by atoms with Crippen LogP contribution in [0.15, 0.2) is 42.5 Å². The summed E-state index contributed by atoms with van der Waals surface area (Å²) in [5.74, 6) is 0. The minimum absolute atomic E-state index is 0.451. The minimum Gasteiger partial charge on any atom is -0.310 e. The van der Waals surface area contributed by atoms with Gasteiger partial charge in [0.1, 0.15) is 0 Å². The van der Waals surface area contributed by atoms with E-state index in [4.69, 9.17) is 23.2 Å². The number of nitrogens with one attached hydrogen (secondary N) is 1. The Balaban J connectivity index is 2.21. The normalized spacial score (nSPS) is 11.0. The van der Waals surface area contributed by atoms with Crippen LogP contribution in [0.5, 0.6) is 0 Å². The average molecular weight is 294 g/mol. The molecule has 1 N–H and O–H groups in total. The van der Waals surface area contributed by atoms with Crippen LogP contribution in [0.3, 0.4) is 0 Å². The first-order chi connectivity index (χ1) is 9.06. The quantitative estimate of drug-likeness (QED) is 0.821. The van der Waals surface area contributed by atoms with Crippen LogP contribution in [0.1, 0.15) is 19.4 Å². The van der Waals surface area contributed by atoms with Crippen molar-refractivity contribution in [1.82, 2.24) is 5.32 Å². The third kappa shape index (κ3) is 3.97. The van der Waals surface area contributed by atoms with Crippen molar-refractivity contribution in [3.63, 3.8) is 0 Å². The monoisotopic (exact) mass is 293 g/mol. The van der Waals surface area contributed by atoms with Gasteiger partial charge in [-0.2, -0.15) is 0 Å². The molecule has 0 aliphatic heterocycles. The van der Waals surface area contributed by atoms with E-state index in [1.165, 1.54) is 0 Å². The maximum atomic E-state index is 6.33. The van der Waals surface area contributed by atoms with Crippen LogP contribution in [-0.2, 0) is 6.54 Å². The first-order valence-corrected chi connectivity index (χ1v) is 7.09. The zero-order valence-electron chi connectivity index (χ0n) is 11.1. The standard InChI is InChI=1S/C16H17Cl2N/c1-11(2)19-10-14-4-3-13(9-16(14)18)12-5-7-15(17)8-6-12/h3-9,11,19H,10H2,1-2H3. The summed E-state index contributed by atoms with van der Waals surface area (Å²) in [5, 5.41) is 4.90. The van der Waals surface area contributed by atoms with Crippen LogP contribution in [0.2, 0.25) is 10.0 Å². The highest BCUT2D eigenvalue weighted by Gasteiger charge is 2.04. The summed E-state index contributed by atoms with van der Waals surface area (Å²) in [5.41, 5.74) is 3.35. The van der Waals surface area contributed by atoms with Gasteiger partial charge in [-0.05, 0) is 34.9 Å². The fourth-order valence-corrected chi connectivity index (χ4v) is 2.20. The van der Waals surface area contributed by atoms with Crippen molar-refractivity contribution in [2.45, 2.75) is 26.4 Å². The van der Waals surface area contributed by atoms with E-state index in [1.807, 2.05) is 30.3 Å². The molecule has 0 bridgehead atoms. The van der Waals surface area contributed by atoms with Crippen LogP contribution in [-0.4, -0.2) is 6.04 Å². The zero-order chi connectivity index (χ0) is 13.8. The van der Waals surface area contributed by atoms with Crippen LogP contribution >= 0.6 is 23.2 Å². The van der Waals surface area contributed by atoms with Crippen LogP contribution in [0, 0.1) is 0 Å². The molecule has 0 spiro atoms. The van der Waals surface area contributed by atoms with Crippen LogP contribution in [0.25, 0.3) is 11.1 Å². The number of benzene rings is 2. The smallest absolute Gasteiger partial charge is 0.0457 e. The Kier molecular flexibility index (Phi) is 4.87. The Bertz CT molecular complexity index is 547. The summed E-state index contributed by atoms with van der Waals surface area (Å²) < 4.78 is 0. The van der Waals surface area contributed by atoms with Gasteiger partial charge in [-0.15, -0.1) is 0 Å². The molecule has 0 saturated carbocycles. The highest BCUT2D eigenvalue weighted by Crippen LogP contribution is 2.26. The Hall–Kier alpha value is -1.02. The van der Waals surface area contributed by atoms with Crippen LogP contribution < -0.4 is 5.32 Å². The molecule has 0 aliphatic rings. The minimum atomic E-state index is 0.451. The summed E-state index contributed by atoms with van der Waals surface area (Å²) in [7, 11) is 0. The molecule has 19 heavy (non-hydrogen) atoms. The van der Waals surface area contributed by atoms with Crippen LogP contribution in [0.4, 0.5) is 0 Å². The van der Waals surface area contributed by atoms with E-state index in [0.29, 0.717) is 6.04 Å². The predicted molar refractivity (Wildman–Crippen MR) is 83.9 cm³/mol. The molecule has 0 aromatic heterocycles. The Morgan fingerprint density at radius 2 is 1.58 bits per heavy atom. The van der Waals surface area contributed by atoms with Gasteiger partial charge in [0.2, 0.25) is 0 Å². The SMILES string of the molecule is CC(C)NCc1ccc(-c2ccc(Cl)cc2)cc1Cl. The molecule has 1 nitrogen and oxygen atoms in total. The molecule has 0 amide bonds. The molecule has 2 aromatic carbocycles. The first-order valence-electron chi connectivity index (χ1n) is 6.34. The van der Waals surface area contributed by atoms with Crippen molar-refractivity contribution in [3.05, 3.63) is 58.1 Å². The summed E-state index contributed by atoms with van der Waals surface area (Å²) in [6.07, 6.45) is 0. The molecule has 2 aromatic rings. The first kappa shape index (κ1) is 14.4. The Morgan fingerprint density at radius 3 is 2.16 bits per heavy atom. The molecule has 0 aliphatic carbocycles. The molecule has 3 heteroatoms. The van der Waals surface area contributed by atoms with E-state index in [-0.39, 0.29) is 0 Å². The van der Waals surface area contributed by atoms with Gasteiger partial charge < -0.3 is 5.32 Å². The zero-order valence-corrected chi connectivity index (χ0v) is 12.6. The topological polar surface area (TPSA) is 12.0 Å². The molecule has 0 unspecified atom stereocenters. The molecule has 100 valence electrons. The van der Waals surface area contributed by atoms with Crippen molar-refractivity contribution in [2.24, 2.45) is 0 Å². The van der Waals surface area contributed by atoms with Crippen molar-refractivity contribution in [2.75, 3.05) is 0 Å². The predicted octanol–water partition coefficient (Wildman–Crippen LogP) is 5.16. The second-order valence-electron chi connectivity index (χ2n) is 4.85. The molecule has 0 heterocycles. The highest BCUT2D eigenvalue weighted by atomic mass is 35.5. The van der Waals surface area contributed by atoms with Gasteiger partial charge in [-0.1, -0.05) is 61.3 Å². The second-order valence-corrected chi connectivity index (χ2v) is 5.69. The maximum Gasteiger partial charge on any atom is 0.0457 e. The van der Waals surface area contributed by atoms with E-state index in [1.54, 1.807) is 0 Å². The van der Waals surface area contributed by atoms with Gasteiger partial charge >= 0.3 is 0 Å². The van der Waals surface area contributed by atoms with Gasteiger partial charge in [-0.25, -0.2) is 0 Å². The Morgan fingerprint density at radius 1 is 0.947 bits per heavy atom. The maximum absolute atomic E-state index is 6.33. The van der Waals surface area contributed by atoms with E-state index in [9.17, 15) is 0 Å². The third-order valence-electron chi connectivity index (χ3n) is 2.93. The summed E-state index contributed by atoms with van der Waals surface area (Å²) in [6, 6.07) is 14.4. The van der Waals surface area contributed by atoms with Crippen molar-refractivity contribution in [1.29, 1.82) is 0 Å². The largest absolute Gasteiger partial charge is 0.310 e. The molecular weight excluding hydrogens is 277 g/mol. The van der Waals surface area contributed by atoms with Crippen molar-refractivity contribution >= 4 is 23.2 Å². The lowest BCUT2D eigenvalue weighted by Gasteiger charge is -2.11. The molecule has 0 saturated heterocycles. The molecule has 0 radical (unpaired) electrons. The van der Waals surface area contributed by atoms with Gasteiger partial charge in [0.25, 0.3) is 0 Å². The van der Waals surface area contributed by atoms with Gasteiger partial charge in [0, 0.05) is 22.6 Å². The number of rotatable bonds is 4. The summed E-state index contributed by atoms with van der Waals surface area (Å²) >= 11 is 12.2. The lowest BCUT2D eigenvalue weighted by atomic mass is 10.0. The third-order valence-corrected chi connectivity index (χ3v) is 3.54. The van der Waals surface area contributed by atoms with E-state index >= 15 is 0 Å². The molecule has 2 rings (SSSR count). The average Bonchev–Trinajstić information content (AvgIpc) is 2.38. The van der Waals surface area contributed by atoms with Gasteiger partial charge in [0.05, 0.1) is 0 Å². The highest BCUT2D eigenvalue weighted by molar-refractivity contribution is 6.31. The van der Waals surface area contributed by atoms with E-state index in [0.717, 1.165) is 33.3 Å². The summed E-state index contributed by atoms with van der Waals surface area (Å²) in [4.78, 5) is 0. The fourth-order valence-electron chi connectivity index (χ4n) is 1.83. The molecule has 0 atom stereocenters. The lowest BCUT2D eigenvalue weighted by molar-refractivity contribution is 0.589. The van der Waals surface area contributed by atoms with Crippen molar-refractivity contribution < 1.29 is 0 Å². The molecular formula is C16H17Cl2N. The molecule has 0 fully saturated rings. The summed E-state index contributed by atoms with van der Waals surface area (Å²) in [6.45, 7) is 5.03. The van der Waals surface area contributed by atoms with Crippen molar-refractivity contribution in [3.8, 4) is 11.1 Å². The number of halogens is 2.